The molecule has 0 aliphatic carbocycles. The van der Waals surface area contributed by atoms with E-state index in [9.17, 15) is 33.3 Å². The zero-order chi connectivity index (χ0) is 44.7. The number of hydrogen-bond donors (Lipinski definition) is 0. The molecule has 6 amide bonds. The molecule has 0 radical (unpaired) electrons. The van der Waals surface area contributed by atoms with Crippen LogP contribution in [0.3, 0.4) is 0 Å². The molecule has 6 fully saturated rings. The normalized spacial score (nSPS) is 28.3. The Bertz CT molecular complexity index is 1940. The third-order valence-electron chi connectivity index (χ3n) is 8.74. The zero-order valence-corrected chi connectivity index (χ0v) is 39.1. The highest BCUT2D eigenvalue weighted by Gasteiger charge is 2.44. The highest BCUT2D eigenvalue weighted by Crippen LogP contribution is 2.52. The van der Waals surface area contributed by atoms with Gasteiger partial charge < -0.3 is 0 Å². The third-order valence-corrected chi connectivity index (χ3v) is 16.6. The van der Waals surface area contributed by atoms with E-state index in [2.05, 4.69) is 50.3 Å². The number of nitrogens with zero attached hydrogens (tertiary/aromatic N) is 12. The minimum absolute atomic E-state index is 0.156. The minimum Gasteiger partial charge on any atom is -0.292 e. The van der Waals surface area contributed by atoms with Gasteiger partial charge in [-0.1, -0.05) is 88.8 Å². The Labute approximate surface area is 381 Å². The van der Waals surface area contributed by atoms with Crippen LogP contribution in [-0.4, -0.2) is 189 Å². The van der Waals surface area contributed by atoms with Crippen LogP contribution in [0.1, 0.15) is 0 Å². The number of amides is 6. The maximum atomic E-state index is 14.4. The second-order valence-corrected chi connectivity index (χ2v) is 20.9. The highest BCUT2D eigenvalue weighted by atomic mass is 32.2. The number of phosphoric ester groups is 1. The van der Waals surface area contributed by atoms with Crippen molar-refractivity contribution in [3.8, 4) is 0 Å². The van der Waals surface area contributed by atoms with Crippen LogP contribution in [0.4, 0.5) is 0 Å². The van der Waals surface area contributed by atoms with Crippen molar-refractivity contribution in [2.24, 2.45) is 30.6 Å². The average molecular weight is 987 g/mol. The molecule has 0 bridgehead atoms. The van der Waals surface area contributed by atoms with E-state index in [1.54, 1.807) is 18.2 Å². The van der Waals surface area contributed by atoms with Crippen molar-refractivity contribution < 1.29 is 46.9 Å². The molecule has 6 saturated heterocycles. The topological polar surface area (TPSA) is 241 Å². The summed E-state index contributed by atoms with van der Waals surface area (Å²) in [5, 5.41) is 23.7. The molecule has 6 heterocycles. The summed E-state index contributed by atoms with van der Waals surface area (Å²) in [5.41, 5.74) is 0. The van der Waals surface area contributed by atoms with E-state index < -0.39 is 61.1 Å². The molecule has 6 aliphatic rings. The van der Waals surface area contributed by atoms with E-state index in [0.717, 1.165) is 35.3 Å². The van der Waals surface area contributed by atoms with E-state index in [0.29, 0.717) is 15.5 Å². The fraction of sp³-hybridized carbons (Fsp3) is 0.455. The lowest BCUT2D eigenvalue weighted by Crippen LogP contribution is -2.32. The standard InChI is InChI=1S/C33H39N12O10PS6/c1-7-10-43-22(46)16-57-31(43)37-34-28-40(4)25(49)19(60-28)13-53-56(52,54-14-20-26(50)41(5)29(61-20)35-38-32-44(11-8-2)23(47)17-58-32)55-15-21-27(51)42(6)30(62-21)36-39-33-45(12-9-3)24(48)18-59-33/h7-9,19-21H,1-3,10-18H2,4-6H3/b34-28+,35-29+,36-30+,37-31+,38-32+,39-33+. The van der Waals surface area contributed by atoms with Crippen molar-refractivity contribution >= 4 is 145 Å². The molecule has 62 heavy (non-hydrogen) atoms. The number of carbonyl (C=O) groups is 6. The van der Waals surface area contributed by atoms with Gasteiger partial charge in [-0.2, -0.15) is 0 Å². The molecular weight excluding hydrogens is 948 g/mol. The van der Waals surface area contributed by atoms with Gasteiger partial charge in [0.2, 0.25) is 35.4 Å². The van der Waals surface area contributed by atoms with Crippen LogP contribution >= 0.6 is 78.4 Å². The zero-order valence-electron chi connectivity index (χ0n) is 33.3. The molecule has 3 atom stereocenters. The van der Waals surface area contributed by atoms with Crippen molar-refractivity contribution in [1.82, 2.24) is 29.4 Å². The van der Waals surface area contributed by atoms with Crippen LogP contribution in [0.15, 0.2) is 68.6 Å². The minimum atomic E-state index is -4.67. The van der Waals surface area contributed by atoms with Crippen molar-refractivity contribution in [3.63, 3.8) is 0 Å². The molecule has 22 nitrogen and oxygen atoms in total. The van der Waals surface area contributed by atoms with Crippen LogP contribution in [0.5, 0.6) is 0 Å². The van der Waals surface area contributed by atoms with E-state index in [-0.39, 0.29) is 70.1 Å². The lowest BCUT2D eigenvalue weighted by Gasteiger charge is -2.21. The number of rotatable bonds is 18. The Morgan fingerprint density at radius 3 is 1.03 bits per heavy atom. The van der Waals surface area contributed by atoms with E-state index >= 15 is 0 Å². The number of thioether (sulfide) groups is 6. The van der Waals surface area contributed by atoms with E-state index in [4.69, 9.17) is 13.6 Å². The van der Waals surface area contributed by atoms with Crippen LogP contribution < -0.4 is 0 Å². The first kappa shape index (κ1) is 47.7. The fourth-order valence-electron chi connectivity index (χ4n) is 5.48. The lowest BCUT2D eigenvalue weighted by molar-refractivity contribution is -0.126. The molecule has 332 valence electrons. The Balaban J connectivity index is 1.16. The Morgan fingerprint density at radius 2 is 0.774 bits per heavy atom. The first-order valence-corrected chi connectivity index (χ1v) is 25.2. The summed E-state index contributed by atoms with van der Waals surface area (Å²) >= 11 is 6.50. The van der Waals surface area contributed by atoms with E-state index in [1.807, 2.05) is 0 Å². The maximum absolute atomic E-state index is 14.4. The smallest absolute Gasteiger partial charge is 0.292 e. The largest absolute Gasteiger partial charge is 0.474 e. The summed E-state index contributed by atoms with van der Waals surface area (Å²) in [5.74, 6) is -1.29. The lowest BCUT2D eigenvalue weighted by atomic mass is 10.4. The number of carbonyl (C=O) groups excluding carboxylic acids is 6. The molecule has 6 rings (SSSR count). The molecule has 6 aliphatic heterocycles. The molecule has 29 heteroatoms. The van der Waals surface area contributed by atoms with Gasteiger partial charge in [-0.05, 0) is 0 Å². The van der Waals surface area contributed by atoms with Gasteiger partial charge in [0.1, 0.15) is 15.7 Å². The number of phosphoric acid groups is 1. The molecule has 0 spiro atoms. The predicted molar refractivity (Wildman–Crippen MR) is 246 cm³/mol. The van der Waals surface area contributed by atoms with Crippen molar-refractivity contribution in [1.29, 1.82) is 0 Å². The van der Waals surface area contributed by atoms with Crippen molar-refractivity contribution in [2.45, 2.75) is 15.7 Å². The molecule has 3 unspecified atom stereocenters. The first-order chi connectivity index (χ1) is 29.7. The number of amidine groups is 6. The maximum Gasteiger partial charge on any atom is 0.474 e. The summed E-state index contributed by atoms with van der Waals surface area (Å²) in [6, 6.07) is 0. The monoisotopic (exact) mass is 986 g/mol. The van der Waals surface area contributed by atoms with Crippen LogP contribution in [0.25, 0.3) is 0 Å². The van der Waals surface area contributed by atoms with Gasteiger partial charge in [-0.25, -0.2) is 4.57 Å². The average Bonchev–Trinajstić information content (AvgIpc) is 4.08. The quantitative estimate of drug-likeness (QED) is 0.108. The van der Waals surface area contributed by atoms with Gasteiger partial charge in [0, 0.05) is 40.8 Å². The summed E-state index contributed by atoms with van der Waals surface area (Å²) in [4.78, 5) is 84.6. The van der Waals surface area contributed by atoms with Gasteiger partial charge >= 0.3 is 7.82 Å². The van der Waals surface area contributed by atoms with Crippen molar-refractivity contribution in [2.75, 3.05) is 77.9 Å². The first-order valence-electron chi connectivity index (χ1n) is 18.1. The predicted octanol–water partition coefficient (Wildman–Crippen LogP) is 2.03. The van der Waals surface area contributed by atoms with Gasteiger partial charge in [0.05, 0.1) is 37.1 Å². The van der Waals surface area contributed by atoms with Crippen molar-refractivity contribution in [3.05, 3.63) is 38.0 Å². The Kier molecular flexibility index (Phi) is 16.4. The van der Waals surface area contributed by atoms with Gasteiger partial charge in [0.25, 0.3) is 0 Å². The van der Waals surface area contributed by atoms with Gasteiger partial charge in [0.15, 0.2) is 31.0 Å². The molecular formula is C33H39N12O10PS6. The SMILES string of the molecule is C=CCN1C(=O)CS/C1=N/N=C1/SC(COP(=O)(OCC2S/C(=N/N=C3/SCC(=O)N3CC=C)N(C)C2=O)OCC2S/C(=N/N=C3/SCC(=O)N3CC=C)N(C)C2=O)C(=O)N1C. The van der Waals surface area contributed by atoms with Crippen LogP contribution in [0, 0.1) is 0 Å². The molecule has 0 aromatic heterocycles. The molecule has 0 saturated carbocycles. The van der Waals surface area contributed by atoms with Gasteiger partial charge in [-0.15, -0.1) is 50.3 Å². The van der Waals surface area contributed by atoms with Crippen LogP contribution in [-0.2, 0) is 46.9 Å². The second kappa shape index (κ2) is 21.3. The molecule has 0 aromatic rings. The second-order valence-electron chi connectivity index (χ2n) is 12.9. The highest BCUT2D eigenvalue weighted by molar-refractivity contribution is 8.17. The van der Waals surface area contributed by atoms with E-state index in [1.165, 1.54) is 85.8 Å². The third kappa shape index (κ3) is 11.0. The summed E-state index contributed by atoms with van der Waals surface area (Å²) in [7, 11) is -0.242. The summed E-state index contributed by atoms with van der Waals surface area (Å²) in [6.45, 7) is 10.2. The molecule has 0 aromatic carbocycles. The van der Waals surface area contributed by atoms with Gasteiger partial charge in [-0.3, -0.25) is 71.7 Å². The Morgan fingerprint density at radius 1 is 0.516 bits per heavy atom. The summed E-state index contributed by atoms with van der Waals surface area (Å²) < 4.78 is 31.7. The fourth-order valence-corrected chi connectivity index (χ4v) is 12.5. The summed E-state index contributed by atoms with van der Waals surface area (Å²) in [6.07, 6.45) is 4.67. The number of hydrogen-bond acceptors (Lipinski definition) is 22. The van der Waals surface area contributed by atoms with Crippen LogP contribution in [0.2, 0.25) is 0 Å². The molecule has 0 N–H and O–H groups in total. The Hall–Kier alpha value is -3.73.